The average Bonchev–Trinajstić information content (AvgIpc) is 2.59. The van der Waals surface area contributed by atoms with Crippen LogP contribution in [0.5, 0.6) is 5.75 Å². The molecule has 0 aliphatic carbocycles. The van der Waals surface area contributed by atoms with Crippen molar-refractivity contribution in [1.82, 2.24) is 4.72 Å². The third-order valence-corrected chi connectivity index (χ3v) is 5.61. The summed E-state index contributed by atoms with van der Waals surface area (Å²) in [5, 5.41) is 2.77. The normalized spacial score (nSPS) is 13.0. The molecule has 0 spiro atoms. The van der Waals surface area contributed by atoms with Gasteiger partial charge >= 0.3 is 0 Å². The number of rotatable bonds is 7. The minimum atomic E-state index is -3.62. The van der Waals surface area contributed by atoms with Crippen LogP contribution in [-0.2, 0) is 14.8 Å². The summed E-state index contributed by atoms with van der Waals surface area (Å²) in [6.45, 7) is 9.18. The molecule has 28 heavy (non-hydrogen) atoms. The summed E-state index contributed by atoms with van der Waals surface area (Å²) in [7, 11) is -3.62. The van der Waals surface area contributed by atoms with Crippen LogP contribution in [0.1, 0.15) is 39.7 Å². The fraction of sp³-hybridized carbons (Fsp3) is 0.381. The summed E-state index contributed by atoms with van der Waals surface area (Å²) in [4.78, 5) is 12.7. The number of nitrogens with one attached hydrogen (secondary N) is 2. The average molecular weight is 405 g/mol. The number of anilines is 1. The number of hydrogen-bond donors (Lipinski definition) is 2. The van der Waals surface area contributed by atoms with Crippen molar-refractivity contribution < 1.29 is 17.9 Å². The summed E-state index contributed by atoms with van der Waals surface area (Å²) in [5.74, 6) is 0.341. The van der Waals surface area contributed by atoms with E-state index < -0.39 is 21.7 Å². The van der Waals surface area contributed by atoms with Crippen LogP contribution < -0.4 is 14.8 Å². The molecule has 2 aromatic carbocycles. The molecule has 2 rings (SSSR count). The van der Waals surface area contributed by atoms with Crippen LogP contribution in [0, 0.1) is 6.92 Å². The molecule has 0 aliphatic rings. The van der Waals surface area contributed by atoms with Gasteiger partial charge in [0, 0.05) is 11.2 Å². The first-order chi connectivity index (χ1) is 13.0. The number of amides is 1. The van der Waals surface area contributed by atoms with Gasteiger partial charge in [0.05, 0.1) is 4.90 Å². The molecule has 6 nitrogen and oxygen atoms in total. The van der Waals surface area contributed by atoms with Crippen LogP contribution in [0.2, 0.25) is 0 Å². The van der Waals surface area contributed by atoms with E-state index in [0.717, 1.165) is 5.56 Å². The van der Waals surface area contributed by atoms with Gasteiger partial charge in [-0.2, -0.15) is 0 Å². The van der Waals surface area contributed by atoms with E-state index in [-0.39, 0.29) is 10.8 Å². The summed E-state index contributed by atoms with van der Waals surface area (Å²) in [6, 6.07) is 13.5. The molecule has 7 heteroatoms. The summed E-state index contributed by atoms with van der Waals surface area (Å²) < 4.78 is 33.1. The lowest BCUT2D eigenvalue weighted by molar-refractivity contribution is -0.122. The lowest BCUT2D eigenvalue weighted by Gasteiger charge is -2.20. The maximum absolute atomic E-state index is 12.5. The Bertz CT molecular complexity index is 899. The largest absolute Gasteiger partial charge is 0.481 e. The number of sulfonamides is 1. The van der Waals surface area contributed by atoms with Gasteiger partial charge < -0.3 is 10.1 Å². The predicted octanol–water partition coefficient (Wildman–Crippen LogP) is 3.87. The maximum Gasteiger partial charge on any atom is 0.265 e. The highest BCUT2D eigenvalue weighted by atomic mass is 32.2. The van der Waals surface area contributed by atoms with Crippen molar-refractivity contribution in [3.63, 3.8) is 0 Å². The second kappa shape index (κ2) is 8.75. The quantitative estimate of drug-likeness (QED) is 0.734. The van der Waals surface area contributed by atoms with Crippen LogP contribution in [0.15, 0.2) is 53.4 Å². The van der Waals surface area contributed by atoms with Crippen molar-refractivity contribution >= 4 is 21.6 Å². The third-order valence-electron chi connectivity index (χ3n) is 3.84. The Morgan fingerprint density at radius 1 is 1.04 bits per heavy atom. The molecular weight excluding hydrogens is 376 g/mol. The second-order valence-electron chi connectivity index (χ2n) is 7.70. The molecular formula is C21H28N2O4S. The van der Waals surface area contributed by atoms with Gasteiger partial charge in [0.15, 0.2) is 6.10 Å². The van der Waals surface area contributed by atoms with Crippen LogP contribution in [0.3, 0.4) is 0 Å². The van der Waals surface area contributed by atoms with E-state index in [1.807, 2.05) is 38.1 Å². The minimum absolute atomic E-state index is 0.142. The molecule has 0 heterocycles. The summed E-state index contributed by atoms with van der Waals surface area (Å²) >= 11 is 0. The topological polar surface area (TPSA) is 84.5 Å². The molecule has 0 saturated carbocycles. The first-order valence-electron chi connectivity index (χ1n) is 9.18. The van der Waals surface area contributed by atoms with E-state index in [1.165, 1.54) is 12.1 Å². The predicted molar refractivity (Wildman–Crippen MR) is 111 cm³/mol. The Labute approximate surface area is 167 Å². The van der Waals surface area contributed by atoms with E-state index >= 15 is 0 Å². The second-order valence-corrected chi connectivity index (χ2v) is 9.38. The zero-order chi connectivity index (χ0) is 20.9. The number of benzene rings is 2. The van der Waals surface area contributed by atoms with Crippen molar-refractivity contribution in [3.8, 4) is 5.75 Å². The third kappa shape index (κ3) is 6.35. The Morgan fingerprint density at radius 2 is 1.61 bits per heavy atom. The highest BCUT2D eigenvalue weighted by Gasteiger charge is 2.22. The smallest absolute Gasteiger partial charge is 0.265 e. The van der Waals surface area contributed by atoms with Gasteiger partial charge in [0.2, 0.25) is 10.0 Å². The molecule has 0 fully saturated rings. The Hall–Kier alpha value is -2.38. The summed E-state index contributed by atoms with van der Waals surface area (Å²) in [6.07, 6.45) is -0.143. The van der Waals surface area contributed by atoms with Crippen LogP contribution >= 0.6 is 0 Å². The van der Waals surface area contributed by atoms with Crippen LogP contribution in [0.4, 0.5) is 5.69 Å². The molecule has 0 radical (unpaired) electrons. The number of aryl methyl sites for hydroxylation is 1. The molecule has 152 valence electrons. The lowest BCUT2D eigenvalue weighted by atomic mass is 10.1. The van der Waals surface area contributed by atoms with Crippen molar-refractivity contribution in [2.45, 2.75) is 57.6 Å². The summed E-state index contributed by atoms with van der Waals surface area (Å²) in [5.41, 5.74) is 1.04. The maximum atomic E-state index is 12.5. The Balaban J connectivity index is 2.05. The van der Waals surface area contributed by atoms with Gasteiger partial charge in [-0.1, -0.05) is 24.6 Å². The fourth-order valence-electron chi connectivity index (χ4n) is 2.51. The van der Waals surface area contributed by atoms with Gasteiger partial charge in [0.1, 0.15) is 5.75 Å². The zero-order valence-electron chi connectivity index (χ0n) is 16.9. The van der Waals surface area contributed by atoms with Gasteiger partial charge in [-0.15, -0.1) is 0 Å². The van der Waals surface area contributed by atoms with Gasteiger partial charge in [-0.3, -0.25) is 4.79 Å². The van der Waals surface area contributed by atoms with Crippen LogP contribution in [-0.4, -0.2) is 26.0 Å². The highest BCUT2D eigenvalue weighted by molar-refractivity contribution is 7.89. The molecule has 1 atom stereocenters. The molecule has 2 aromatic rings. The number of carbonyl (C=O) groups excluding carboxylic acids is 1. The number of hydrogen-bond acceptors (Lipinski definition) is 4. The Kier molecular flexibility index (Phi) is 6.85. The Morgan fingerprint density at radius 3 is 2.11 bits per heavy atom. The van der Waals surface area contributed by atoms with E-state index in [9.17, 15) is 13.2 Å². The standard InChI is InChI=1S/C21H28N2O4S/c1-6-19(27-17-11-7-15(2)8-12-17)20(24)22-16-9-13-18(14-10-16)28(25,26)23-21(3,4)5/h7-14,19,23H,6H2,1-5H3,(H,22,24). The molecule has 0 aliphatic heterocycles. The first-order valence-corrected chi connectivity index (χ1v) is 10.7. The minimum Gasteiger partial charge on any atom is -0.481 e. The molecule has 2 N–H and O–H groups in total. The van der Waals surface area contributed by atoms with Crippen molar-refractivity contribution in [2.24, 2.45) is 0 Å². The van der Waals surface area contributed by atoms with E-state index in [2.05, 4.69) is 10.0 Å². The number of carbonyl (C=O) groups is 1. The van der Waals surface area contributed by atoms with Crippen LogP contribution in [0.25, 0.3) is 0 Å². The fourth-order valence-corrected chi connectivity index (χ4v) is 3.92. The molecule has 0 saturated heterocycles. The monoisotopic (exact) mass is 404 g/mol. The van der Waals surface area contributed by atoms with Gasteiger partial charge in [0.25, 0.3) is 5.91 Å². The molecule has 0 bridgehead atoms. The van der Waals surface area contributed by atoms with Crippen molar-refractivity contribution in [2.75, 3.05) is 5.32 Å². The van der Waals surface area contributed by atoms with Crippen molar-refractivity contribution in [1.29, 1.82) is 0 Å². The van der Waals surface area contributed by atoms with E-state index in [1.54, 1.807) is 32.9 Å². The molecule has 1 unspecified atom stereocenters. The first kappa shape index (κ1) is 21.9. The van der Waals surface area contributed by atoms with E-state index in [4.69, 9.17) is 4.74 Å². The van der Waals surface area contributed by atoms with E-state index in [0.29, 0.717) is 17.9 Å². The van der Waals surface area contributed by atoms with Gasteiger partial charge in [-0.05, 0) is 70.5 Å². The van der Waals surface area contributed by atoms with Gasteiger partial charge in [-0.25, -0.2) is 13.1 Å². The van der Waals surface area contributed by atoms with Crippen molar-refractivity contribution in [3.05, 3.63) is 54.1 Å². The zero-order valence-corrected chi connectivity index (χ0v) is 17.8. The number of ether oxygens (including phenoxy) is 1. The molecule has 0 aromatic heterocycles. The molecule has 1 amide bonds. The lowest BCUT2D eigenvalue weighted by Crippen LogP contribution is -2.40. The SMILES string of the molecule is CCC(Oc1ccc(C)cc1)C(=O)Nc1ccc(S(=O)(=O)NC(C)(C)C)cc1. The highest BCUT2D eigenvalue weighted by Crippen LogP contribution is 2.18.